The number of para-hydroxylation sites is 1. The van der Waals surface area contributed by atoms with Crippen LogP contribution in [-0.4, -0.2) is 41.1 Å². The van der Waals surface area contributed by atoms with Crippen LogP contribution in [0.25, 0.3) is 0 Å². The van der Waals surface area contributed by atoms with E-state index in [0.717, 1.165) is 11.3 Å². The van der Waals surface area contributed by atoms with Crippen molar-refractivity contribution < 1.29 is 19.4 Å². The van der Waals surface area contributed by atoms with E-state index in [0.29, 0.717) is 13.0 Å². The van der Waals surface area contributed by atoms with E-state index >= 15 is 0 Å². The summed E-state index contributed by atoms with van der Waals surface area (Å²) in [7, 11) is 1.52. The standard InChI is InChI=1S/C16H23NO4/c1-5-21-13-9-7-6-8-12(13)10-11-14(18)17(4)16(2,3)15(19)20/h6-9H,5,10-11H2,1-4H3,(H,19,20). The number of carboxylic acids is 1. The van der Waals surface area contributed by atoms with E-state index in [2.05, 4.69) is 0 Å². The third kappa shape index (κ3) is 4.21. The molecule has 1 aromatic rings. The molecule has 0 aliphatic heterocycles. The summed E-state index contributed by atoms with van der Waals surface area (Å²) in [5.74, 6) is -0.449. The molecule has 1 amide bonds. The van der Waals surface area contributed by atoms with Crippen molar-refractivity contribution in [1.29, 1.82) is 0 Å². The number of hydrogen-bond acceptors (Lipinski definition) is 3. The maximum Gasteiger partial charge on any atom is 0.329 e. The average molecular weight is 293 g/mol. The van der Waals surface area contributed by atoms with Crippen molar-refractivity contribution in [2.24, 2.45) is 0 Å². The smallest absolute Gasteiger partial charge is 0.329 e. The van der Waals surface area contributed by atoms with E-state index in [9.17, 15) is 9.59 Å². The van der Waals surface area contributed by atoms with Gasteiger partial charge >= 0.3 is 5.97 Å². The highest BCUT2D eigenvalue weighted by molar-refractivity contribution is 5.86. The molecule has 1 N–H and O–H groups in total. The minimum Gasteiger partial charge on any atom is -0.494 e. The number of likely N-dealkylation sites (N-methyl/N-ethyl adjacent to an activating group) is 1. The molecule has 116 valence electrons. The molecule has 0 spiro atoms. The van der Waals surface area contributed by atoms with Crippen LogP contribution in [0.5, 0.6) is 5.75 Å². The van der Waals surface area contributed by atoms with E-state index in [1.165, 1.54) is 25.8 Å². The Bertz CT molecular complexity index is 511. The summed E-state index contributed by atoms with van der Waals surface area (Å²) >= 11 is 0. The van der Waals surface area contributed by atoms with Gasteiger partial charge in [0, 0.05) is 13.5 Å². The molecule has 0 saturated heterocycles. The summed E-state index contributed by atoms with van der Waals surface area (Å²) < 4.78 is 5.52. The molecule has 0 bridgehead atoms. The number of nitrogens with zero attached hydrogens (tertiary/aromatic N) is 1. The molecule has 0 radical (unpaired) electrons. The van der Waals surface area contributed by atoms with Crippen molar-refractivity contribution in [2.75, 3.05) is 13.7 Å². The lowest BCUT2D eigenvalue weighted by Gasteiger charge is -2.31. The zero-order chi connectivity index (χ0) is 16.0. The zero-order valence-corrected chi connectivity index (χ0v) is 13.0. The first kappa shape index (κ1) is 17.0. The molecule has 0 fully saturated rings. The monoisotopic (exact) mass is 293 g/mol. The number of benzene rings is 1. The molecule has 1 aromatic carbocycles. The summed E-state index contributed by atoms with van der Waals surface area (Å²) in [6.07, 6.45) is 0.770. The number of hydrogen-bond donors (Lipinski definition) is 1. The Morgan fingerprint density at radius 1 is 1.29 bits per heavy atom. The van der Waals surface area contributed by atoms with Crippen molar-refractivity contribution >= 4 is 11.9 Å². The van der Waals surface area contributed by atoms with Gasteiger partial charge in [-0.25, -0.2) is 4.79 Å². The van der Waals surface area contributed by atoms with Crippen LogP contribution in [0.1, 0.15) is 32.8 Å². The molecule has 0 atom stereocenters. The Hall–Kier alpha value is -2.04. The molecular weight excluding hydrogens is 270 g/mol. The van der Waals surface area contributed by atoms with Gasteiger partial charge in [-0.3, -0.25) is 4.79 Å². The number of aryl methyl sites for hydroxylation is 1. The fourth-order valence-corrected chi connectivity index (χ4v) is 1.87. The number of ether oxygens (including phenoxy) is 1. The Morgan fingerprint density at radius 3 is 2.48 bits per heavy atom. The Morgan fingerprint density at radius 2 is 1.90 bits per heavy atom. The summed E-state index contributed by atoms with van der Waals surface area (Å²) in [5, 5.41) is 9.15. The van der Waals surface area contributed by atoms with Crippen LogP contribution in [0.15, 0.2) is 24.3 Å². The first-order chi connectivity index (χ1) is 9.80. The maximum atomic E-state index is 12.2. The molecule has 0 unspecified atom stereocenters. The first-order valence-corrected chi connectivity index (χ1v) is 7.01. The van der Waals surface area contributed by atoms with Crippen molar-refractivity contribution in [1.82, 2.24) is 4.90 Å². The average Bonchev–Trinajstić information content (AvgIpc) is 2.45. The van der Waals surface area contributed by atoms with Gasteiger partial charge in [-0.1, -0.05) is 18.2 Å². The summed E-state index contributed by atoms with van der Waals surface area (Å²) in [5.41, 5.74) is -0.259. The highest BCUT2D eigenvalue weighted by Crippen LogP contribution is 2.21. The van der Waals surface area contributed by atoms with E-state index < -0.39 is 11.5 Å². The van der Waals surface area contributed by atoms with Crippen molar-refractivity contribution in [3.05, 3.63) is 29.8 Å². The maximum absolute atomic E-state index is 12.2. The first-order valence-electron chi connectivity index (χ1n) is 7.01. The Kier molecular flexibility index (Phi) is 5.76. The topological polar surface area (TPSA) is 66.8 Å². The normalized spacial score (nSPS) is 11.0. The second-order valence-corrected chi connectivity index (χ2v) is 5.36. The minimum atomic E-state index is -1.21. The summed E-state index contributed by atoms with van der Waals surface area (Å²) in [6, 6.07) is 7.57. The minimum absolute atomic E-state index is 0.200. The van der Waals surface area contributed by atoms with E-state index in [1.807, 2.05) is 31.2 Å². The van der Waals surface area contributed by atoms with Gasteiger partial charge in [0.05, 0.1) is 6.61 Å². The number of carboxylic acid groups (broad SMARTS) is 1. The molecule has 0 saturated carbocycles. The van der Waals surface area contributed by atoms with Gasteiger partial charge in [-0.15, -0.1) is 0 Å². The van der Waals surface area contributed by atoms with Gasteiger partial charge in [0.2, 0.25) is 5.91 Å². The quantitative estimate of drug-likeness (QED) is 0.838. The van der Waals surface area contributed by atoms with Crippen LogP contribution >= 0.6 is 0 Å². The number of rotatable bonds is 7. The van der Waals surface area contributed by atoms with Crippen LogP contribution in [-0.2, 0) is 16.0 Å². The lowest BCUT2D eigenvalue weighted by molar-refractivity contribution is -0.155. The largest absolute Gasteiger partial charge is 0.494 e. The van der Waals surface area contributed by atoms with Crippen molar-refractivity contribution in [3.8, 4) is 5.75 Å². The number of carbonyl (C=O) groups excluding carboxylic acids is 1. The van der Waals surface area contributed by atoms with Gasteiger partial charge in [0.15, 0.2) is 0 Å². The van der Waals surface area contributed by atoms with E-state index in [1.54, 1.807) is 0 Å². The van der Waals surface area contributed by atoms with Crippen LogP contribution < -0.4 is 4.74 Å². The lowest BCUT2D eigenvalue weighted by Crippen LogP contribution is -2.50. The Labute approximate surface area is 125 Å². The highest BCUT2D eigenvalue weighted by atomic mass is 16.5. The fraction of sp³-hybridized carbons (Fsp3) is 0.500. The molecule has 5 nitrogen and oxygen atoms in total. The van der Waals surface area contributed by atoms with Gasteiger partial charge in [-0.05, 0) is 38.8 Å². The Balaban J connectivity index is 2.71. The highest BCUT2D eigenvalue weighted by Gasteiger charge is 2.34. The van der Waals surface area contributed by atoms with Crippen LogP contribution in [0.3, 0.4) is 0 Å². The van der Waals surface area contributed by atoms with Crippen molar-refractivity contribution in [3.63, 3.8) is 0 Å². The predicted molar refractivity (Wildman–Crippen MR) is 80.4 cm³/mol. The molecule has 0 aromatic heterocycles. The second kappa shape index (κ2) is 7.11. The predicted octanol–water partition coefficient (Wildman–Crippen LogP) is 2.34. The third-order valence-electron chi connectivity index (χ3n) is 3.62. The molecule has 0 aliphatic rings. The van der Waals surface area contributed by atoms with Gasteiger partial charge in [0.1, 0.15) is 11.3 Å². The van der Waals surface area contributed by atoms with Crippen LogP contribution in [0.4, 0.5) is 0 Å². The van der Waals surface area contributed by atoms with E-state index in [4.69, 9.17) is 9.84 Å². The van der Waals surface area contributed by atoms with Gasteiger partial charge < -0.3 is 14.7 Å². The summed E-state index contributed by atoms with van der Waals surface area (Å²) in [6.45, 7) is 5.50. The molecular formula is C16H23NO4. The lowest BCUT2D eigenvalue weighted by atomic mass is 10.0. The zero-order valence-electron chi connectivity index (χ0n) is 13.0. The summed E-state index contributed by atoms with van der Waals surface area (Å²) in [4.78, 5) is 24.6. The van der Waals surface area contributed by atoms with Crippen LogP contribution in [0.2, 0.25) is 0 Å². The second-order valence-electron chi connectivity index (χ2n) is 5.36. The molecule has 1 rings (SSSR count). The molecule has 5 heteroatoms. The molecule has 0 heterocycles. The SMILES string of the molecule is CCOc1ccccc1CCC(=O)N(C)C(C)(C)C(=O)O. The van der Waals surface area contributed by atoms with Gasteiger partial charge in [0.25, 0.3) is 0 Å². The van der Waals surface area contributed by atoms with Crippen LogP contribution in [0, 0.1) is 0 Å². The number of carbonyl (C=O) groups is 2. The number of aliphatic carboxylic acids is 1. The van der Waals surface area contributed by atoms with Gasteiger partial charge in [-0.2, -0.15) is 0 Å². The molecule has 0 aliphatic carbocycles. The van der Waals surface area contributed by atoms with Crippen molar-refractivity contribution in [2.45, 2.75) is 39.2 Å². The van der Waals surface area contributed by atoms with E-state index in [-0.39, 0.29) is 12.3 Å². The number of amides is 1. The fourth-order valence-electron chi connectivity index (χ4n) is 1.87. The molecule has 21 heavy (non-hydrogen) atoms. The third-order valence-corrected chi connectivity index (χ3v) is 3.62.